The maximum absolute atomic E-state index is 6.11. The second-order valence-corrected chi connectivity index (χ2v) is 6.07. The molecular weight excluding hydrogens is 355 g/mol. The van der Waals surface area contributed by atoms with Gasteiger partial charge in [0.25, 0.3) is 0 Å². The number of nitrogens with zero attached hydrogens (tertiary/aromatic N) is 1. The summed E-state index contributed by atoms with van der Waals surface area (Å²) < 4.78 is 5.67. The molecule has 0 unspecified atom stereocenters. The quantitative estimate of drug-likeness (QED) is 0.510. The molecule has 23 heavy (non-hydrogen) atoms. The van der Waals surface area contributed by atoms with Crippen LogP contribution in [0.4, 0.5) is 0 Å². The van der Waals surface area contributed by atoms with Gasteiger partial charge in [-0.1, -0.05) is 47.8 Å². The minimum absolute atomic E-state index is 0.431. The Labute approximate surface area is 151 Å². The summed E-state index contributed by atoms with van der Waals surface area (Å²) >= 11 is 18.3. The van der Waals surface area contributed by atoms with Gasteiger partial charge in [0.1, 0.15) is 5.75 Å². The van der Waals surface area contributed by atoms with Crippen molar-refractivity contribution in [1.29, 1.82) is 0 Å². The van der Waals surface area contributed by atoms with Gasteiger partial charge < -0.3 is 10.2 Å². The first kappa shape index (κ1) is 17.9. The van der Waals surface area contributed by atoms with Crippen LogP contribution in [0.5, 0.6) is 5.75 Å². The first-order valence-corrected chi connectivity index (χ1v) is 8.36. The highest BCUT2D eigenvalue weighted by molar-refractivity contribution is 6.36. The molecule has 0 saturated carbocycles. The Morgan fingerprint density at radius 3 is 2.57 bits per heavy atom. The molecule has 6 heteroatoms. The van der Waals surface area contributed by atoms with Gasteiger partial charge in [0, 0.05) is 26.2 Å². The molecule has 122 valence electrons. The van der Waals surface area contributed by atoms with Gasteiger partial charge in [-0.15, -0.1) is 0 Å². The van der Waals surface area contributed by atoms with Crippen LogP contribution in [-0.2, 0) is 6.54 Å². The zero-order valence-electron chi connectivity index (χ0n) is 12.7. The van der Waals surface area contributed by atoms with Crippen molar-refractivity contribution in [3.8, 4) is 5.75 Å². The normalized spacial score (nSPS) is 11.0. The number of hydrazone groups is 1. The maximum Gasteiger partial charge on any atom is 0.128 e. The van der Waals surface area contributed by atoms with Gasteiger partial charge in [-0.2, -0.15) is 5.10 Å². The van der Waals surface area contributed by atoms with Crippen molar-refractivity contribution in [2.75, 3.05) is 6.61 Å². The van der Waals surface area contributed by atoms with E-state index in [9.17, 15) is 0 Å². The minimum atomic E-state index is 0.431. The lowest BCUT2D eigenvalue weighted by atomic mass is 10.2. The molecule has 0 atom stereocenters. The van der Waals surface area contributed by atoms with Crippen LogP contribution in [0.1, 0.15) is 24.5 Å². The van der Waals surface area contributed by atoms with Crippen LogP contribution in [0.25, 0.3) is 0 Å². The number of nitrogens with one attached hydrogen (secondary N) is 1. The molecule has 2 rings (SSSR count). The van der Waals surface area contributed by atoms with Gasteiger partial charge in [0.05, 0.1) is 19.4 Å². The summed E-state index contributed by atoms with van der Waals surface area (Å²) in [5, 5.41) is 6.04. The molecule has 0 radical (unpaired) electrons. The van der Waals surface area contributed by atoms with E-state index in [2.05, 4.69) is 17.5 Å². The average molecular weight is 372 g/mol. The van der Waals surface area contributed by atoms with E-state index >= 15 is 0 Å². The molecule has 3 nitrogen and oxygen atoms in total. The third-order valence-electron chi connectivity index (χ3n) is 3.05. The second-order valence-electron chi connectivity index (χ2n) is 4.82. The molecule has 2 aromatic rings. The zero-order chi connectivity index (χ0) is 16.7. The number of ether oxygens (including phenoxy) is 1. The Kier molecular flexibility index (Phi) is 7.03. The van der Waals surface area contributed by atoms with Gasteiger partial charge in [-0.05, 0) is 36.8 Å². The first-order chi connectivity index (χ1) is 11.1. The lowest BCUT2D eigenvalue weighted by Gasteiger charge is -2.09. The Hall–Kier alpha value is -1.42. The van der Waals surface area contributed by atoms with Crippen LogP contribution in [-0.4, -0.2) is 12.8 Å². The predicted molar refractivity (Wildman–Crippen MR) is 98.1 cm³/mol. The molecule has 0 spiro atoms. The molecule has 0 aromatic heterocycles. The van der Waals surface area contributed by atoms with Crippen LogP contribution in [0.15, 0.2) is 41.5 Å². The lowest BCUT2D eigenvalue weighted by molar-refractivity contribution is 0.317. The van der Waals surface area contributed by atoms with Crippen LogP contribution >= 0.6 is 34.8 Å². The Bertz CT molecular complexity index is 669. The fourth-order valence-corrected chi connectivity index (χ4v) is 2.62. The fourth-order valence-electron chi connectivity index (χ4n) is 1.90. The molecule has 0 heterocycles. The van der Waals surface area contributed by atoms with Gasteiger partial charge in [0.15, 0.2) is 0 Å². The van der Waals surface area contributed by atoms with Crippen molar-refractivity contribution < 1.29 is 4.74 Å². The van der Waals surface area contributed by atoms with E-state index in [1.807, 2.05) is 6.07 Å². The highest BCUT2D eigenvalue weighted by Gasteiger charge is 2.05. The molecular formula is C17H17Cl3N2O. The SMILES string of the molecule is CCCOc1ccc(Cl)cc1/C=N\NCc1c(Cl)cccc1Cl. The summed E-state index contributed by atoms with van der Waals surface area (Å²) in [7, 11) is 0. The average Bonchev–Trinajstić information content (AvgIpc) is 2.53. The Morgan fingerprint density at radius 1 is 1.13 bits per heavy atom. The van der Waals surface area contributed by atoms with Gasteiger partial charge in [-0.3, -0.25) is 0 Å². The van der Waals surface area contributed by atoms with Crippen molar-refractivity contribution in [3.05, 3.63) is 62.6 Å². The highest BCUT2D eigenvalue weighted by Crippen LogP contribution is 2.24. The molecule has 0 fully saturated rings. The van der Waals surface area contributed by atoms with Crippen molar-refractivity contribution in [2.45, 2.75) is 19.9 Å². The lowest BCUT2D eigenvalue weighted by Crippen LogP contribution is -2.07. The topological polar surface area (TPSA) is 33.6 Å². The molecule has 0 saturated heterocycles. The summed E-state index contributed by atoms with van der Waals surface area (Å²) in [6, 6.07) is 10.8. The summed E-state index contributed by atoms with van der Waals surface area (Å²) in [5.74, 6) is 0.748. The van der Waals surface area contributed by atoms with E-state index in [-0.39, 0.29) is 0 Å². The zero-order valence-corrected chi connectivity index (χ0v) is 14.9. The molecule has 1 N–H and O–H groups in total. The maximum atomic E-state index is 6.11. The molecule has 0 aliphatic rings. The van der Waals surface area contributed by atoms with Gasteiger partial charge in [-0.25, -0.2) is 0 Å². The molecule has 0 aliphatic heterocycles. The van der Waals surface area contributed by atoms with Crippen LogP contribution < -0.4 is 10.2 Å². The summed E-state index contributed by atoms with van der Waals surface area (Å²) in [6.45, 7) is 3.13. The summed E-state index contributed by atoms with van der Waals surface area (Å²) in [6.07, 6.45) is 2.60. The van der Waals surface area contributed by atoms with Crippen molar-refractivity contribution in [3.63, 3.8) is 0 Å². The second kappa shape index (κ2) is 9.02. The predicted octanol–water partition coefficient (Wildman–Crippen LogP) is 5.56. The van der Waals surface area contributed by atoms with Crippen LogP contribution in [0.3, 0.4) is 0 Å². The van der Waals surface area contributed by atoms with Crippen molar-refractivity contribution >= 4 is 41.0 Å². The molecule has 0 aliphatic carbocycles. The van der Waals surface area contributed by atoms with E-state index in [0.717, 1.165) is 23.3 Å². The third kappa shape index (κ3) is 5.31. The van der Waals surface area contributed by atoms with Crippen LogP contribution in [0.2, 0.25) is 15.1 Å². The highest BCUT2D eigenvalue weighted by atomic mass is 35.5. The monoisotopic (exact) mass is 370 g/mol. The van der Waals surface area contributed by atoms with E-state index in [1.54, 1.807) is 36.5 Å². The summed E-state index contributed by atoms with van der Waals surface area (Å²) in [5.41, 5.74) is 4.55. The summed E-state index contributed by atoms with van der Waals surface area (Å²) in [4.78, 5) is 0. The van der Waals surface area contributed by atoms with E-state index in [4.69, 9.17) is 39.5 Å². The molecule has 2 aromatic carbocycles. The number of halogens is 3. The fraction of sp³-hybridized carbons (Fsp3) is 0.235. The van der Waals surface area contributed by atoms with Gasteiger partial charge in [0.2, 0.25) is 0 Å². The third-order valence-corrected chi connectivity index (χ3v) is 3.99. The van der Waals surface area contributed by atoms with E-state index in [0.29, 0.717) is 28.2 Å². The smallest absolute Gasteiger partial charge is 0.128 e. The number of hydrogen-bond donors (Lipinski definition) is 1. The molecule has 0 amide bonds. The number of benzene rings is 2. The van der Waals surface area contributed by atoms with E-state index < -0.39 is 0 Å². The van der Waals surface area contributed by atoms with E-state index in [1.165, 1.54) is 0 Å². The largest absolute Gasteiger partial charge is 0.493 e. The number of hydrogen-bond acceptors (Lipinski definition) is 3. The van der Waals surface area contributed by atoms with Crippen molar-refractivity contribution in [1.82, 2.24) is 5.43 Å². The van der Waals surface area contributed by atoms with Crippen molar-refractivity contribution in [2.24, 2.45) is 5.10 Å². The standard InChI is InChI=1S/C17H17Cl3N2O/c1-2-8-23-17-7-6-13(18)9-12(17)10-21-22-11-14-15(19)4-3-5-16(14)20/h3-7,9-10,22H,2,8,11H2,1H3/b21-10-. The molecule has 0 bridgehead atoms. The Balaban J connectivity index is 2.04. The first-order valence-electron chi connectivity index (χ1n) is 7.23. The Morgan fingerprint density at radius 2 is 1.87 bits per heavy atom. The minimum Gasteiger partial charge on any atom is -0.493 e. The van der Waals surface area contributed by atoms with Gasteiger partial charge >= 0.3 is 0 Å². The number of rotatable bonds is 7. The van der Waals surface area contributed by atoms with Crippen LogP contribution in [0, 0.1) is 0 Å².